The Labute approximate surface area is 175 Å². The van der Waals surface area contributed by atoms with Gasteiger partial charge >= 0.3 is 11.9 Å². The first-order valence-electron chi connectivity index (χ1n) is 9.80. The molecule has 0 radical (unpaired) electrons. The summed E-state index contributed by atoms with van der Waals surface area (Å²) in [4.78, 5) is 36.7. The minimum Gasteiger partial charge on any atom is -0.463 e. The number of aromatic nitrogens is 4. The van der Waals surface area contributed by atoms with E-state index < -0.39 is 6.10 Å². The smallest absolute Gasteiger partial charge is 0.308 e. The Balaban J connectivity index is 2.12. The standard InChI is InChI=1S/C19H30N6O5/c1-11(2)17(26)28-7-13(8-29-18(27)12(3)4)30-10-25-9-22-14-15(20-5)23-19(21-6)24-16(14)25/h9,11-13H,7-8,10H2,1-6H3,(H2,20,21,23,24). The summed E-state index contributed by atoms with van der Waals surface area (Å²) in [7, 11) is 3.47. The second-order valence-corrected chi connectivity index (χ2v) is 7.27. The van der Waals surface area contributed by atoms with E-state index in [0.29, 0.717) is 22.9 Å². The highest BCUT2D eigenvalue weighted by Gasteiger charge is 2.19. The molecule has 166 valence electrons. The molecule has 0 aliphatic carbocycles. The molecule has 0 aliphatic rings. The van der Waals surface area contributed by atoms with Crippen LogP contribution in [0.25, 0.3) is 11.2 Å². The number of imidazole rings is 1. The molecule has 2 aromatic rings. The largest absolute Gasteiger partial charge is 0.463 e. The van der Waals surface area contributed by atoms with Crippen molar-refractivity contribution in [3.63, 3.8) is 0 Å². The van der Waals surface area contributed by atoms with Gasteiger partial charge in [-0.1, -0.05) is 27.7 Å². The van der Waals surface area contributed by atoms with Crippen molar-refractivity contribution < 1.29 is 23.8 Å². The third kappa shape index (κ3) is 6.02. The van der Waals surface area contributed by atoms with Crippen LogP contribution < -0.4 is 10.6 Å². The summed E-state index contributed by atoms with van der Waals surface area (Å²) < 4.78 is 18.1. The molecule has 0 aromatic carbocycles. The SMILES string of the molecule is CNc1nc(NC)c2ncn(COC(COC(=O)C(C)C)COC(=O)C(C)C)c2n1. The Hall–Kier alpha value is -2.95. The topological polar surface area (TPSA) is 129 Å². The monoisotopic (exact) mass is 422 g/mol. The number of nitrogens with one attached hydrogen (secondary N) is 2. The third-order valence-electron chi connectivity index (χ3n) is 4.14. The molecule has 0 bridgehead atoms. The summed E-state index contributed by atoms with van der Waals surface area (Å²) in [6.45, 7) is 6.98. The molecule has 2 heterocycles. The summed E-state index contributed by atoms with van der Waals surface area (Å²) in [5, 5.41) is 5.89. The van der Waals surface area contributed by atoms with Gasteiger partial charge in [0.1, 0.15) is 26.0 Å². The minimum absolute atomic E-state index is 0.0342. The predicted octanol–water partition coefficient (Wildman–Crippen LogP) is 1.65. The zero-order valence-electron chi connectivity index (χ0n) is 18.3. The lowest BCUT2D eigenvalue weighted by Crippen LogP contribution is -2.31. The average Bonchev–Trinajstić information content (AvgIpc) is 3.14. The van der Waals surface area contributed by atoms with Crippen LogP contribution in [0.5, 0.6) is 0 Å². The van der Waals surface area contributed by atoms with Gasteiger partial charge in [-0.25, -0.2) is 4.98 Å². The van der Waals surface area contributed by atoms with Crippen molar-refractivity contribution in [2.45, 2.75) is 40.5 Å². The van der Waals surface area contributed by atoms with E-state index >= 15 is 0 Å². The van der Waals surface area contributed by atoms with Crippen molar-refractivity contribution in [2.24, 2.45) is 11.8 Å². The van der Waals surface area contributed by atoms with Crippen molar-refractivity contribution in [1.29, 1.82) is 0 Å². The van der Waals surface area contributed by atoms with E-state index in [4.69, 9.17) is 14.2 Å². The molecular weight excluding hydrogens is 392 g/mol. The Morgan fingerprint density at radius 2 is 1.60 bits per heavy atom. The number of esters is 2. The number of hydrogen-bond donors (Lipinski definition) is 2. The van der Waals surface area contributed by atoms with E-state index in [1.807, 2.05) is 0 Å². The summed E-state index contributed by atoms with van der Waals surface area (Å²) >= 11 is 0. The second-order valence-electron chi connectivity index (χ2n) is 7.27. The first kappa shape index (κ1) is 23.3. The molecule has 0 saturated carbocycles. The lowest BCUT2D eigenvalue weighted by Gasteiger charge is -2.19. The highest BCUT2D eigenvalue weighted by molar-refractivity contribution is 5.84. The van der Waals surface area contributed by atoms with Crippen LogP contribution in [-0.4, -0.2) is 64.9 Å². The molecule has 2 N–H and O–H groups in total. The zero-order valence-corrected chi connectivity index (χ0v) is 18.3. The maximum atomic E-state index is 11.8. The van der Waals surface area contributed by atoms with E-state index in [-0.39, 0.29) is 43.7 Å². The normalized spacial score (nSPS) is 11.4. The molecule has 0 unspecified atom stereocenters. The van der Waals surface area contributed by atoms with Crippen LogP contribution in [0, 0.1) is 11.8 Å². The van der Waals surface area contributed by atoms with Gasteiger partial charge in [-0.05, 0) is 0 Å². The van der Waals surface area contributed by atoms with Gasteiger partial charge in [0.15, 0.2) is 17.0 Å². The van der Waals surface area contributed by atoms with E-state index in [0.717, 1.165) is 0 Å². The van der Waals surface area contributed by atoms with Crippen LogP contribution in [-0.2, 0) is 30.5 Å². The highest BCUT2D eigenvalue weighted by Crippen LogP contribution is 2.20. The fourth-order valence-electron chi connectivity index (χ4n) is 2.34. The fourth-order valence-corrected chi connectivity index (χ4v) is 2.34. The first-order chi connectivity index (χ1) is 14.3. The van der Waals surface area contributed by atoms with Gasteiger partial charge in [0.05, 0.1) is 18.2 Å². The number of hydrogen-bond acceptors (Lipinski definition) is 10. The maximum Gasteiger partial charge on any atom is 0.308 e. The van der Waals surface area contributed by atoms with Crippen LogP contribution in [0.4, 0.5) is 11.8 Å². The number of nitrogens with zero attached hydrogens (tertiary/aromatic N) is 4. The molecule has 0 amide bonds. The van der Waals surface area contributed by atoms with Crippen molar-refractivity contribution in [3.05, 3.63) is 6.33 Å². The molecule has 0 spiro atoms. The molecule has 30 heavy (non-hydrogen) atoms. The molecule has 11 heteroatoms. The summed E-state index contributed by atoms with van der Waals surface area (Å²) in [6.07, 6.45) is 0.943. The minimum atomic E-state index is -0.637. The van der Waals surface area contributed by atoms with Crippen LogP contribution >= 0.6 is 0 Å². The quantitative estimate of drug-likeness (QED) is 0.516. The Bertz CT molecular complexity index is 842. The number of anilines is 2. The third-order valence-corrected chi connectivity index (χ3v) is 4.14. The van der Waals surface area contributed by atoms with Gasteiger partial charge in [0, 0.05) is 14.1 Å². The van der Waals surface area contributed by atoms with E-state index in [2.05, 4.69) is 25.6 Å². The summed E-state index contributed by atoms with van der Waals surface area (Å²) in [6, 6.07) is 0. The number of carbonyl (C=O) groups is 2. The van der Waals surface area contributed by atoms with Gasteiger partial charge < -0.3 is 24.8 Å². The van der Waals surface area contributed by atoms with Gasteiger partial charge in [-0.15, -0.1) is 0 Å². The molecule has 0 aliphatic heterocycles. The number of carbonyl (C=O) groups excluding carboxylic acids is 2. The summed E-state index contributed by atoms with van der Waals surface area (Å²) in [5.41, 5.74) is 1.16. The molecule has 2 aromatic heterocycles. The average molecular weight is 422 g/mol. The molecule has 0 saturated heterocycles. The summed E-state index contributed by atoms with van der Waals surface area (Å²) in [5.74, 6) is -0.219. The second kappa shape index (κ2) is 10.7. The zero-order chi connectivity index (χ0) is 22.3. The fraction of sp³-hybridized carbons (Fsp3) is 0.632. The van der Waals surface area contributed by atoms with Gasteiger partial charge in [0.2, 0.25) is 5.95 Å². The Kier molecular flexibility index (Phi) is 8.34. The Morgan fingerprint density at radius 3 is 2.10 bits per heavy atom. The van der Waals surface area contributed by atoms with Gasteiger partial charge in [-0.2, -0.15) is 9.97 Å². The predicted molar refractivity (Wildman–Crippen MR) is 111 cm³/mol. The highest BCUT2D eigenvalue weighted by atomic mass is 16.6. The van der Waals surface area contributed by atoms with Crippen molar-refractivity contribution in [1.82, 2.24) is 19.5 Å². The van der Waals surface area contributed by atoms with Crippen molar-refractivity contribution in [2.75, 3.05) is 37.9 Å². The molecule has 11 nitrogen and oxygen atoms in total. The first-order valence-corrected chi connectivity index (χ1v) is 9.80. The van der Waals surface area contributed by atoms with Gasteiger partial charge in [0.25, 0.3) is 0 Å². The Morgan fingerprint density at radius 1 is 1.00 bits per heavy atom. The lowest BCUT2D eigenvalue weighted by molar-refractivity contribution is -0.161. The number of rotatable bonds is 11. The van der Waals surface area contributed by atoms with Crippen LogP contribution in [0.1, 0.15) is 27.7 Å². The van der Waals surface area contributed by atoms with E-state index in [1.54, 1.807) is 52.7 Å². The van der Waals surface area contributed by atoms with Crippen LogP contribution in [0.15, 0.2) is 6.33 Å². The van der Waals surface area contributed by atoms with Crippen LogP contribution in [0.2, 0.25) is 0 Å². The molecule has 2 rings (SSSR count). The van der Waals surface area contributed by atoms with Crippen LogP contribution in [0.3, 0.4) is 0 Å². The number of fused-ring (bicyclic) bond motifs is 1. The molecule has 0 atom stereocenters. The maximum absolute atomic E-state index is 11.8. The molecular formula is C19H30N6O5. The number of ether oxygens (including phenoxy) is 3. The lowest BCUT2D eigenvalue weighted by atomic mass is 10.2. The van der Waals surface area contributed by atoms with E-state index in [9.17, 15) is 9.59 Å². The molecule has 0 fully saturated rings. The van der Waals surface area contributed by atoms with E-state index in [1.165, 1.54) is 0 Å². The van der Waals surface area contributed by atoms with Crippen molar-refractivity contribution >= 4 is 34.9 Å². The van der Waals surface area contributed by atoms with Crippen molar-refractivity contribution in [3.8, 4) is 0 Å². The van der Waals surface area contributed by atoms with Gasteiger partial charge in [-0.3, -0.25) is 14.2 Å².